The number of fused-ring (bicyclic) bond motifs is 2. The van der Waals surface area contributed by atoms with Crippen molar-refractivity contribution in [3.05, 3.63) is 99.4 Å². The van der Waals surface area contributed by atoms with Crippen molar-refractivity contribution in [1.29, 1.82) is 0 Å². The molecule has 2 aromatic heterocycles. The van der Waals surface area contributed by atoms with E-state index in [9.17, 15) is 27.2 Å². The lowest BCUT2D eigenvalue weighted by Gasteiger charge is -2.23. The summed E-state index contributed by atoms with van der Waals surface area (Å²) in [7, 11) is 0. The molecule has 4 rings (SSSR count). The zero-order valence-electron chi connectivity index (χ0n) is 23.9. The van der Waals surface area contributed by atoms with Gasteiger partial charge in [-0.3, -0.25) is 24.1 Å². The number of rotatable bonds is 6. The van der Waals surface area contributed by atoms with Gasteiger partial charge >= 0.3 is 6.55 Å². The van der Waals surface area contributed by atoms with Gasteiger partial charge in [0.25, 0.3) is 12.0 Å². The molecule has 0 saturated carbocycles. The Morgan fingerprint density at radius 1 is 1.16 bits per heavy atom. The summed E-state index contributed by atoms with van der Waals surface area (Å²) in [4.78, 5) is 38.7. The first-order valence-electron chi connectivity index (χ1n) is 13.6. The number of hydrazine groups is 1. The number of alkyl halides is 4. The van der Waals surface area contributed by atoms with Crippen molar-refractivity contribution in [2.75, 3.05) is 5.01 Å². The van der Waals surface area contributed by atoms with Gasteiger partial charge in [0.05, 0.1) is 46.6 Å². The summed E-state index contributed by atoms with van der Waals surface area (Å²) in [6, 6.07) is 7.84. The maximum atomic E-state index is 13.6. The van der Waals surface area contributed by atoms with Crippen LogP contribution in [0.25, 0.3) is 11.3 Å². The van der Waals surface area contributed by atoms with Crippen molar-refractivity contribution in [2.45, 2.75) is 45.2 Å². The highest BCUT2D eigenvalue weighted by Crippen LogP contribution is 2.32. The van der Waals surface area contributed by atoms with Crippen LogP contribution in [-0.4, -0.2) is 39.1 Å². The number of nitrogens with one attached hydrogen (secondary N) is 1. The summed E-state index contributed by atoms with van der Waals surface area (Å²) in [5.41, 5.74) is 10.6. The molecule has 1 aliphatic heterocycles. The molecule has 0 fully saturated rings. The number of halogens is 5. The predicted molar refractivity (Wildman–Crippen MR) is 162 cm³/mol. The smallest absolute Gasteiger partial charge is 0.332 e. The van der Waals surface area contributed by atoms with Crippen LogP contribution in [0.4, 0.5) is 23.2 Å². The number of allylic oxidation sites excluding steroid dienone is 2. The van der Waals surface area contributed by atoms with E-state index in [0.29, 0.717) is 25.0 Å². The molecule has 11 nitrogen and oxygen atoms in total. The fraction of sp³-hybridized carbons (Fsp3) is 0.276. The molecule has 0 spiro atoms. The van der Waals surface area contributed by atoms with E-state index in [1.54, 1.807) is 6.92 Å². The standard InChI is InChI=1S/C29H30ClF4N9O2/c1-15-3-2-4-24(21-9-16(7-8-38-21)26(41-29(33)34)22(12-35)40-28(15)45)42-14-39-20(11-25(42)44)18-10-17(30)5-6-23(18)43(37)13-19(36)27(31)32/h5-15,24,27,29H,2-4,35-37H2,1H3,(H,40,45)/b19-13-,22-12?,41-26?. The minimum absolute atomic E-state index is 0.0963. The maximum Gasteiger partial charge on any atom is 0.332 e. The number of amides is 1. The van der Waals surface area contributed by atoms with Crippen LogP contribution in [-0.2, 0) is 4.79 Å². The Labute approximate surface area is 260 Å². The van der Waals surface area contributed by atoms with Crippen LogP contribution in [0.15, 0.2) is 82.5 Å². The van der Waals surface area contributed by atoms with Crippen LogP contribution >= 0.6 is 11.6 Å². The van der Waals surface area contributed by atoms with E-state index >= 15 is 0 Å². The second-order valence-corrected chi connectivity index (χ2v) is 10.6. The molecule has 16 heteroatoms. The number of hydrogen-bond acceptors (Lipinski definition) is 9. The van der Waals surface area contributed by atoms with E-state index in [4.69, 9.17) is 28.9 Å². The van der Waals surface area contributed by atoms with E-state index in [-0.39, 0.29) is 38.9 Å². The lowest BCUT2D eigenvalue weighted by Crippen LogP contribution is -2.34. The molecule has 45 heavy (non-hydrogen) atoms. The highest BCUT2D eigenvalue weighted by atomic mass is 35.5. The normalized spacial score (nSPS) is 19.8. The number of pyridine rings is 1. The number of nitrogens with zero attached hydrogens (tertiary/aromatic N) is 5. The average molecular weight is 648 g/mol. The van der Waals surface area contributed by atoms with Crippen LogP contribution in [0.3, 0.4) is 0 Å². The molecule has 1 aromatic carbocycles. The molecule has 238 valence electrons. The van der Waals surface area contributed by atoms with Gasteiger partial charge in [0.2, 0.25) is 5.91 Å². The molecule has 1 amide bonds. The summed E-state index contributed by atoms with van der Waals surface area (Å²) in [5, 5.41) is 3.73. The van der Waals surface area contributed by atoms with Crippen LogP contribution in [0.2, 0.25) is 5.02 Å². The number of hydrogen-bond donors (Lipinski definition) is 4. The fourth-order valence-corrected chi connectivity index (χ4v) is 4.98. The van der Waals surface area contributed by atoms with E-state index in [2.05, 4.69) is 20.3 Å². The SMILES string of the molecule is CC1CCCC(n2cnc(-c3cc(Cl)ccc3N(N)/C=C(\N)C(F)F)cc2=O)c2cc(ccn2)C(=NC(F)F)C(=CN)NC1=O. The Morgan fingerprint density at radius 2 is 1.91 bits per heavy atom. The Bertz CT molecular complexity index is 1710. The van der Waals surface area contributed by atoms with Gasteiger partial charge < -0.3 is 16.8 Å². The Kier molecular flexibility index (Phi) is 10.6. The van der Waals surface area contributed by atoms with Gasteiger partial charge in [-0.1, -0.05) is 24.9 Å². The maximum absolute atomic E-state index is 13.6. The molecule has 2 bridgehead atoms. The molecular weight excluding hydrogens is 618 g/mol. The van der Waals surface area contributed by atoms with E-state index in [1.165, 1.54) is 53.5 Å². The van der Waals surface area contributed by atoms with Crippen LogP contribution in [0.1, 0.15) is 43.5 Å². The van der Waals surface area contributed by atoms with Gasteiger partial charge in [0.15, 0.2) is 0 Å². The first-order chi connectivity index (χ1) is 21.4. The summed E-state index contributed by atoms with van der Waals surface area (Å²) >= 11 is 6.20. The topological polar surface area (TPSA) is 171 Å². The van der Waals surface area contributed by atoms with Gasteiger partial charge in [-0.25, -0.2) is 24.6 Å². The van der Waals surface area contributed by atoms with Crippen molar-refractivity contribution >= 4 is 28.9 Å². The molecule has 3 heterocycles. The Balaban J connectivity index is 1.82. The van der Waals surface area contributed by atoms with Gasteiger partial charge in [-0.05, 0) is 43.2 Å². The molecule has 1 aliphatic rings. The van der Waals surface area contributed by atoms with Crippen LogP contribution in [0, 0.1) is 5.92 Å². The molecule has 2 atom stereocenters. The molecule has 3 aromatic rings. The van der Waals surface area contributed by atoms with Crippen LogP contribution in [0.5, 0.6) is 0 Å². The third-order valence-corrected chi connectivity index (χ3v) is 7.32. The second-order valence-electron chi connectivity index (χ2n) is 10.2. The van der Waals surface area contributed by atoms with Gasteiger partial charge in [-0.15, -0.1) is 0 Å². The number of carbonyl (C=O) groups excluding carboxylic acids is 1. The number of nitrogens with two attached hydrogens (primary N) is 3. The number of carbonyl (C=O) groups is 1. The molecule has 0 aliphatic carbocycles. The lowest BCUT2D eigenvalue weighted by atomic mass is 9.96. The first-order valence-corrected chi connectivity index (χ1v) is 14.0. The minimum atomic E-state index is -3.10. The van der Waals surface area contributed by atoms with Crippen molar-refractivity contribution in [2.24, 2.45) is 28.2 Å². The third-order valence-electron chi connectivity index (χ3n) is 7.09. The lowest BCUT2D eigenvalue weighted by molar-refractivity contribution is -0.123. The van der Waals surface area contributed by atoms with Gasteiger partial charge in [0, 0.05) is 46.7 Å². The highest BCUT2D eigenvalue weighted by Gasteiger charge is 2.25. The van der Waals surface area contributed by atoms with Gasteiger partial charge in [0.1, 0.15) is 0 Å². The zero-order chi connectivity index (χ0) is 32.8. The molecule has 2 unspecified atom stereocenters. The average Bonchev–Trinajstić information content (AvgIpc) is 3.00. The third kappa shape index (κ3) is 7.85. The minimum Gasteiger partial charge on any atom is -0.403 e. The van der Waals surface area contributed by atoms with Gasteiger partial charge in [-0.2, -0.15) is 8.78 Å². The Morgan fingerprint density at radius 3 is 2.58 bits per heavy atom. The van der Waals surface area contributed by atoms with Crippen LogP contribution < -0.4 is 33.2 Å². The molecule has 0 saturated heterocycles. The van der Waals surface area contributed by atoms with Crippen molar-refractivity contribution < 1.29 is 22.4 Å². The molecule has 7 N–H and O–H groups in total. The number of anilines is 1. The first kappa shape index (κ1) is 33.1. The van der Waals surface area contributed by atoms with E-state index in [1.807, 2.05) is 0 Å². The summed E-state index contributed by atoms with van der Waals surface area (Å²) in [6.07, 6.45) is 2.78. The Hall–Kier alpha value is -4.76. The fourth-order valence-electron chi connectivity index (χ4n) is 4.81. The largest absolute Gasteiger partial charge is 0.403 e. The van der Waals surface area contributed by atoms with Crippen molar-refractivity contribution in [1.82, 2.24) is 19.9 Å². The zero-order valence-corrected chi connectivity index (χ0v) is 24.6. The predicted octanol–water partition coefficient (Wildman–Crippen LogP) is 4.04. The molecular formula is C29H30ClF4N9O2. The highest BCUT2D eigenvalue weighted by molar-refractivity contribution is 6.31. The van der Waals surface area contributed by atoms with E-state index in [0.717, 1.165) is 17.4 Å². The second kappa shape index (κ2) is 14.3. The summed E-state index contributed by atoms with van der Waals surface area (Å²) < 4.78 is 54.4. The number of aromatic nitrogens is 3. The van der Waals surface area contributed by atoms with Crippen molar-refractivity contribution in [3.8, 4) is 11.3 Å². The van der Waals surface area contributed by atoms with Crippen molar-refractivity contribution in [3.63, 3.8) is 0 Å². The van der Waals surface area contributed by atoms with E-state index < -0.39 is 42.1 Å². The number of aliphatic imine (C=N–C) groups is 1. The number of benzene rings is 1. The summed E-state index contributed by atoms with van der Waals surface area (Å²) in [5.74, 6) is 5.04. The summed E-state index contributed by atoms with van der Waals surface area (Å²) in [6.45, 7) is -1.42. The monoisotopic (exact) mass is 647 g/mol. The molecule has 0 radical (unpaired) electrons. The quantitative estimate of drug-likeness (QED) is 0.134.